The molecule has 166 valence electrons. The minimum Gasteiger partial charge on any atom is -0.354 e. The molecule has 1 aliphatic heterocycles. The summed E-state index contributed by atoms with van der Waals surface area (Å²) in [5.41, 5.74) is 3.07. The van der Waals surface area contributed by atoms with Crippen molar-refractivity contribution in [3.05, 3.63) is 89.7 Å². The summed E-state index contributed by atoms with van der Waals surface area (Å²) in [6.45, 7) is 2.52. The molecule has 3 aromatic rings. The molecule has 0 bridgehead atoms. The first kappa shape index (κ1) is 21.2. The Morgan fingerprint density at radius 2 is 1.55 bits per heavy atom. The summed E-state index contributed by atoms with van der Waals surface area (Å²) in [6, 6.07) is 20.3. The molecule has 1 aromatic heterocycles. The Hall–Kier alpha value is -3.65. The number of carbonyl (C=O) groups excluding carboxylic acids is 1. The first-order chi connectivity index (χ1) is 16.3. The van der Waals surface area contributed by atoms with Crippen LogP contribution in [0.15, 0.2) is 73.1 Å². The summed E-state index contributed by atoms with van der Waals surface area (Å²) in [4.78, 5) is 23.8. The maximum atomic E-state index is 12.9. The van der Waals surface area contributed by atoms with Gasteiger partial charge in [-0.15, -0.1) is 0 Å². The van der Waals surface area contributed by atoms with Crippen molar-refractivity contribution in [1.82, 2.24) is 14.9 Å². The van der Waals surface area contributed by atoms with Crippen molar-refractivity contribution in [2.24, 2.45) is 11.8 Å². The van der Waals surface area contributed by atoms with Gasteiger partial charge in [0.2, 0.25) is 11.9 Å². The number of hydrogen-bond donors (Lipinski definition) is 1. The van der Waals surface area contributed by atoms with E-state index in [1.165, 1.54) is 5.56 Å². The number of piperidine rings is 1. The fourth-order valence-corrected chi connectivity index (χ4v) is 4.51. The van der Waals surface area contributed by atoms with Crippen LogP contribution in [0.2, 0.25) is 0 Å². The van der Waals surface area contributed by atoms with Crippen molar-refractivity contribution in [1.29, 1.82) is 0 Å². The van der Waals surface area contributed by atoms with Gasteiger partial charge in [-0.25, -0.2) is 9.97 Å². The highest BCUT2D eigenvalue weighted by atomic mass is 16.2. The van der Waals surface area contributed by atoms with Gasteiger partial charge in [0.1, 0.15) is 0 Å². The van der Waals surface area contributed by atoms with Crippen molar-refractivity contribution in [3.8, 4) is 11.8 Å². The number of likely N-dealkylation sites (tertiary alicyclic amines) is 1. The zero-order chi connectivity index (χ0) is 22.5. The molecule has 2 aromatic carbocycles. The van der Waals surface area contributed by atoms with Crippen molar-refractivity contribution in [3.63, 3.8) is 0 Å². The van der Waals surface area contributed by atoms with Crippen molar-refractivity contribution < 1.29 is 4.79 Å². The first-order valence-electron chi connectivity index (χ1n) is 11.7. The number of nitrogens with zero attached hydrogens (tertiary/aromatic N) is 3. The zero-order valence-corrected chi connectivity index (χ0v) is 18.7. The Morgan fingerprint density at radius 1 is 0.909 bits per heavy atom. The van der Waals surface area contributed by atoms with E-state index in [1.807, 2.05) is 36.4 Å². The molecule has 1 N–H and O–H groups in total. The van der Waals surface area contributed by atoms with Crippen LogP contribution in [-0.4, -0.2) is 40.4 Å². The van der Waals surface area contributed by atoms with Gasteiger partial charge in [0.05, 0.1) is 5.56 Å². The van der Waals surface area contributed by atoms with E-state index in [4.69, 9.17) is 0 Å². The molecule has 2 fully saturated rings. The third-order valence-electron chi connectivity index (χ3n) is 6.59. The van der Waals surface area contributed by atoms with E-state index in [0.717, 1.165) is 50.0 Å². The number of benzene rings is 2. The number of carbonyl (C=O) groups is 1. The van der Waals surface area contributed by atoms with Crippen LogP contribution in [0.1, 0.15) is 41.9 Å². The molecule has 2 atom stereocenters. The average Bonchev–Trinajstić information content (AvgIpc) is 3.69. The Labute approximate surface area is 195 Å². The maximum Gasteiger partial charge on any atom is 0.226 e. The second-order valence-corrected chi connectivity index (χ2v) is 8.92. The van der Waals surface area contributed by atoms with Gasteiger partial charge in [-0.3, -0.25) is 4.79 Å². The van der Waals surface area contributed by atoms with E-state index in [9.17, 15) is 4.79 Å². The van der Waals surface area contributed by atoms with Crippen LogP contribution in [0.3, 0.4) is 0 Å². The Kier molecular flexibility index (Phi) is 6.34. The smallest absolute Gasteiger partial charge is 0.226 e. The summed E-state index contributed by atoms with van der Waals surface area (Å²) in [5.74, 6) is 8.30. The van der Waals surface area contributed by atoms with E-state index in [2.05, 4.69) is 56.3 Å². The van der Waals surface area contributed by atoms with Crippen molar-refractivity contribution in [2.45, 2.75) is 25.2 Å². The summed E-state index contributed by atoms with van der Waals surface area (Å²) in [6.07, 6.45) is 6.54. The van der Waals surface area contributed by atoms with Gasteiger partial charge in [-0.05, 0) is 48.8 Å². The summed E-state index contributed by atoms with van der Waals surface area (Å²) >= 11 is 0. The maximum absolute atomic E-state index is 12.9. The topological polar surface area (TPSA) is 58.1 Å². The van der Waals surface area contributed by atoms with E-state index in [1.54, 1.807) is 12.4 Å². The molecular weight excluding hydrogens is 408 g/mol. The summed E-state index contributed by atoms with van der Waals surface area (Å²) < 4.78 is 0. The Morgan fingerprint density at radius 3 is 2.24 bits per heavy atom. The number of hydrogen-bond acceptors (Lipinski definition) is 4. The lowest BCUT2D eigenvalue weighted by Crippen LogP contribution is -2.40. The van der Waals surface area contributed by atoms with Crippen LogP contribution < -0.4 is 5.32 Å². The highest BCUT2D eigenvalue weighted by Gasteiger charge is 2.46. The number of nitrogens with one attached hydrogen (secondary N) is 1. The molecule has 2 heterocycles. The van der Waals surface area contributed by atoms with Crippen LogP contribution in [0.4, 0.5) is 5.95 Å². The van der Waals surface area contributed by atoms with Gasteiger partial charge in [0, 0.05) is 43.5 Å². The van der Waals surface area contributed by atoms with Crippen LogP contribution in [0.25, 0.3) is 0 Å². The van der Waals surface area contributed by atoms with Gasteiger partial charge < -0.3 is 10.2 Å². The van der Waals surface area contributed by atoms with Gasteiger partial charge >= 0.3 is 0 Å². The lowest BCUT2D eigenvalue weighted by Gasteiger charge is -2.32. The fraction of sp³-hybridized carbons (Fsp3) is 0.321. The Balaban J connectivity index is 1.06. The standard InChI is InChI=1S/C28H28N4O/c33-27(26-17-25(26)24-9-5-2-6-10-24)32-15-13-22(14-16-32)18-29-28-30-19-23(20-31-28)12-11-21-7-3-1-4-8-21/h1-10,19-20,22,25-26H,13-18H2,(H,29,30,31)/t25-,26+/m0/s1. The van der Waals surface area contributed by atoms with Crippen LogP contribution in [-0.2, 0) is 4.79 Å². The molecule has 1 saturated heterocycles. The zero-order valence-electron chi connectivity index (χ0n) is 18.7. The Bertz CT molecular complexity index is 1130. The van der Waals surface area contributed by atoms with Crippen molar-refractivity contribution in [2.75, 3.05) is 25.0 Å². The minimum absolute atomic E-state index is 0.180. The lowest BCUT2D eigenvalue weighted by molar-refractivity contribution is -0.134. The van der Waals surface area contributed by atoms with Gasteiger partial charge in [-0.2, -0.15) is 0 Å². The first-order valence-corrected chi connectivity index (χ1v) is 11.7. The SMILES string of the molecule is O=C([C@@H]1C[C@H]1c1ccccc1)N1CCC(CNc2ncc(C#Cc3ccccc3)cn2)CC1. The normalized spacial score (nSPS) is 19.9. The van der Waals surface area contributed by atoms with Gasteiger partial charge in [-0.1, -0.05) is 60.4 Å². The summed E-state index contributed by atoms with van der Waals surface area (Å²) in [7, 11) is 0. The molecule has 0 unspecified atom stereocenters. The van der Waals surface area contributed by atoms with E-state index < -0.39 is 0 Å². The number of anilines is 1. The molecular formula is C28H28N4O. The highest BCUT2D eigenvalue weighted by molar-refractivity contribution is 5.83. The average molecular weight is 437 g/mol. The monoisotopic (exact) mass is 436 g/mol. The predicted molar refractivity (Wildman–Crippen MR) is 130 cm³/mol. The predicted octanol–water partition coefficient (Wildman–Crippen LogP) is 4.33. The van der Waals surface area contributed by atoms with E-state index in [-0.39, 0.29) is 5.92 Å². The number of aromatic nitrogens is 2. The van der Waals surface area contributed by atoms with Gasteiger partial charge in [0.15, 0.2) is 0 Å². The quantitative estimate of drug-likeness (QED) is 0.605. The molecule has 1 amide bonds. The fourth-order valence-electron chi connectivity index (χ4n) is 4.51. The highest BCUT2D eigenvalue weighted by Crippen LogP contribution is 2.48. The molecule has 2 aliphatic rings. The van der Waals surface area contributed by atoms with Crippen LogP contribution >= 0.6 is 0 Å². The molecule has 0 spiro atoms. The number of amides is 1. The van der Waals surface area contributed by atoms with Crippen LogP contribution in [0, 0.1) is 23.7 Å². The molecule has 1 saturated carbocycles. The summed E-state index contributed by atoms with van der Waals surface area (Å²) in [5, 5.41) is 3.35. The molecule has 0 radical (unpaired) electrons. The third-order valence-corrected chi connectivity index (χ3v) is 6.59. The largest absolute Gasteiger partial charge is 0.354 e. The minimum atomic E-state index is 0.180. The third kappa shape index (κ3) is 5.40. The second-order valence-electron chi connectivity index (χ2n) is 8.92. The molecule has 33 heavy (non-hydrogen) atoms. The van der Waals surface area contributed by atoms with E-state index in [0.29, 0.717) is 23.7 Å². The van der Waals surface area contributed by atoms with Crippen molar-refractivity contribution >= 4 is 11.9 Å². The van der Waals surface area contributed by atoms with E-state index >= 15 is 0 Å². The molecule has 1 aliphatic carbocycles. The molecule has 5 nitrogen and oxygen atoms in total. The number of rotatable bonds is 5. The lowest BCUT2D eigenvalue weighted by atomic mass is 9.96. The molecule has 5 rings (SSSR count). The molecule has 5 heteroatoms. The van der Waals surface area contributed by atoms with Crippen LogP contribution in [0.5, 0.6) is 0 Å². The van der Waals surface area contributed by atoms with Gasteiger partial charge in [0.25, 0.3) is 0 Å². The second kappa shape index (κ2) is 9.87.